The van der Waals surface area contributed by atoms with Gasteiger partial charge in [-0.05, 0) is 0 Å². The number of hydrogen-bond acceptors (Lipinski definition) is 6. The van der Waals surface area contributed by atoms with E-state index in [1.165, 1.54) is 0 Å². The third-order valence-electron chi connectivity index (χ3n) is 0.384. The van der Waals surface area contributed by atoms with Crippen molar-refractivity contribution in [2.45, 2.75) is 0 Å². The number of phosphoric acid groups is 1. The van der Waals surface area contributed by atoms with E-state index in [0.29, 0.717) is 0 Å². The summed E-state index contributed by atoms with van der Waals surface area (Å²) in [6.07, 6.45) is 0. The second-order valence-corrected chi connectivity index (χ2v) is 2.30. The van der Waals surface area contributed by atoms with Crippen molar-refractivity contribution in [2.24, 2.45) is 5.73 Å². The monoisotopic (exact) mass is 173 g/mol. The van der Waals surface area contributed by atoms with Gasteiger partial charge in [-0.15, -0.1) is 9.35 Å². The van der Waals surface area contributed by atoms with Gasteiger partial charge in [-0.3, -0.25) is 4.89 Å². The number of hydrogen-bond donors (Lipinski definition) is 2. The van der Waals surface area contributed by atoms with Gasteiger partial charge in [0.2, 0.25) is 0 Å². The Morgan fingerprint density at radius 2 is 2.20 bits per heavy atom. The van der Waals surface area contributed by atoms with E-state index in [9.17, 15) is 4.57 Å². The molecule has 1 unspecified atom stereocenters. The van der Waals surface area contributed by atoms with Gasteiger partial charge in [0, 0.05) is 0 Å². The molecule has 0 heterocycles. The largest absolute Gasteiger partial charge is 0.526 e. The van der Waals surface area contributed by atoms with E-state index in [4.69, 9.17) is 10.6 Å². The minimum atomic E-state index is -4.23. The highest BCUT2D eigenvalue weighted by Crippen LogP contribution is 2.42. The molecular formula is C2H8NO6P. The van der Waals surface area contributed by atoms with Crippen molar-refractivity contribution < 1.29 is 28.6 Å². The summed E-state index contributed by atoms with van der Waals surface area (Å²) in [6, 6.07) is 0. The molecule has 7 nitrogen and oxygen atoms in total. The van der Waals surface area contributed by atoms with Crippen molar-refractivity contribution in [1.29, 1.82) is 0 Å². The Bertz CT molecular complexity index is 127. The van der Waals surface area contributed by atoms with Crippen molar-refractivity contribution in [3.63, 3.8) is 0 Å². The molecule has 0 fully saturated rings. The average molecular weight is 173 g/mol. The zero-order valence-corrected chi connectivity index (χ0v) is 6.11. The van der Waals surface area contributed by atoms with Crippen LogP contribution in [-0.4, -0.2) is 18.7 Å². The van der Waals surface area contributed by atoms with Crippen molar-refractivity contribution in [2.75, 3.05) is 13.8 Å². The maximum atomic E-state index is 10.4. The van der Waals surface area contributed by atoms with Crippen LogP contribution in [0.2, 0.25) is 0 Å². The summed E-state index contributed by atoms with van der Waals surface area (Å²) in [7, 11) is -3.18. The molecule has 0 amide bonds. The fourth-order valence-electron chi connectivity index (χ4n) is 0.204. The first-order chi connectivity index (χ1) is 4.62. The fraction of sp³-hybridized carbons (Fsp3) is 1.00. The molecule has 0 saturated carbocycles. The smallest absolute Gasteiger partial charge is 0.306 e. The van der Waals surface area contributed by atoms with Gasteiger partial charge in [-0.2, -0.15) is 0 Å². The zero-order valence-electron chi connectivity index (χ0n) is 5.22. The lowest BCUT2D eigenvalue weighted by Crippen LogP contribution is -2.05. The molecule has 0 rings (SSSR count). The lowest BCUT2D eigenvalue weighted by atomic mass is 11.4. The molecular weight excluding hydrogens is 165 g/mol. The lowest BCUT2D eigenvalue weighted by molar-refractivity contribution is -0.267. The Balaban J connectivity index is 3.53. The summed E-state index contributed by atoms with van der Waals surface area (Å²) in [4.78, 5) is 16.2. The van der Waals surface area contributed by atoms with E-state index >= 15 is 0 Å². The Morgan fingerprint density at radius 3 is 2.60 bits per heavy atom. The van der Waals surface area contributed by atoms with Crippen LogP contribution < -0.4 is 5.73 Å². The normalized spacial score (nSPS) is 16.7. The highest BCUT2D eigenvalue weighted by atomic mass is 31.2. The molecule has 0 aromatic carbocycles. The van der Waals surface area contributed by atoms with Crippen LogP contribution in [0.5, 0.6) is 0 Å². The first-order valence-electron chi connectivity index (χ1n) is 2.19. The third kappa shape index (κ3) is 4.83. The molecule has 0 aliphatic rings. The third-order valence-corrected chi connectivity index (χ3v) is 1.01. The summed E-state index contributed by atoms with van der Waals surface area (Å²) in [6.45, 7) is -0.350. The standard InChI is InChI=1S/C2H8NO6P/c1-6-8-10(4,5)9-7-2-3/h2-3H2,1H3,(H,4,5). The van der Waals surface area contributed by atoms with Crippen LogP contribution in [-0.2, 0) is 23.7 Å². The van der Waals surface area contributed by atoms with Gasteiger partial charge in [-0.25, -0.2) is 14.3 Å². The summed E-state index contributed by atoms with van der Waals surface area (Å²) in [5.74, 6) is 0. The minimum Gasteiger partial charge on any atom is -0.306 e. The maximum Gasteiger partial charge on any atom is 0.526 e. The topological polar surface area (TPSA) is 100 Å². The van der Waals surface area contributed by atoms with Gasteiger partial charge in [0.1, 0.15) is 6.73 Å². The predicted octanol–water partition coefficient (Wildman–Crippen LogP) is -0.471. The van der Waals surface area contributed by atoms with Crippen LogP contribution in [0.4, 0.5) is 0 Å². The molecule has 0 spiro atoms. The van der Waals surface area contributed by atoms with Crippen molar-refractivity contribution in [1.82, 2.24) is 0 Å². The van der Waals surface area contributed by atoms with Crippen molar-refractivity contribution in [3.05, 3.63) is 0 Å². The van der Waals surface area contributed by atoms with Gasteiger partial charge in [0.15, 0.2) is 0 Å². The Labute approximate surface area is 57.1 Å². The molecule has 1 atom stereocenters. The number of nitrogens with two attached hydrogens (primary N) is 1. The molecule has 62 valence electrons. The van der Waals surface area contributed by atoms with E-state index in [0.717, 1.165) is 7.11 Å². The van der Waals surface area contributed by atoms with Crippen molar-refractivity contribution in [3.8, 4) is 0 Å². The molecule has 0 aromatic heterocycles. The SMILES string of the molecule is COOP(=O)(O)OOCN. The van der Waals surface area contributed by atoms with E-state index in [2.05, 4.69) is 19.1 Å². The van der Waals surface area contributed by atoms with Crippen LogP contribution in [0, 0.1) is 0 Å². The summed E-state index contributed by atoms with van der Waals surface area (Å²) >= 11 is 0. The Hall–Kier alpha value is -0.0100. The number of rotatable bonds is 5. The summed E-state index contributed by atoms with van der Waals surface area (Å²) in [5.41, 5.74) is 4.76. The molecule has 0 bridgehead atoms. The lowest BCUT2D eigenvalue weighted by Gasteiger charge is -2.05. The van der Waals surface area contributed by atoms with Crippen LogP contribution in [0.15, 0.2) is 0 Å². The fourth-order valence-corrected chi connectivity index (χ4v) is 0.611. The molecule has 0 aromatic rings. The van der Waals surface area contributed by atoms with E-state index in [1.54, 1.807) is 0 Å². The Kier molecular flexibility index (Phi) is 4.75. The second kappa shape index (κ2) is 4.75. The molecule has 0 aliphatic carbocycles. The maximum absolute atomic E-state index is 10.4. The molecule has 10 heavy (non-hydrogen) atoms. The zero-order chi connectivity index (χ0) is 8.04. The molecule has 0 saturated heterocycles. The minimum absolute atomic E-state index is 0.350. The predicted molar refractivity (Wildman–Crippen MR) is 29.1 cm³/mol. The van der Waals surface area contributed by atoms with Crippen LogP contribution in [0.3, 0.4) is 0 Å². The van der Waals surface area contributed by atoms with Gasteiger partial charge < -0.3 is 5.73 Å². The van der Waals surface area contributed by atoms with Gasteiger partial charge in [0.25, 0.3) is 0 Å². The van der Waals surface area contributed by atoms with E-state index < -0.39 is 7.82 Å². The molecule has 0 radical (unpaired) electrons. The highest BCUT2D eigenvalue weighted by molar-refractivity contribution is 7.47. The van der Waals surface area contributed by atoms with Crippen molar-refractivity contribution >= 4 is 7.82 Å². The first kappa shape index (κ1) is 9.99. The second-order valence-electron chi connectivity index (χ2n) is 1.07. The van der Waals surface area contributed by atoms with Crippen LogP contribution >= 0.6 is 7.82 Å². The summed E-state index contributed by atoms with van der Waals surface area (Å²) < 4.78 is 17.9. The first-order valence-corrected chi connectivity index (χ1v) is 3.68. The van der Waals surface area contributed by atoms with Crippen LogP contribution in [0.1, 0.15) is 0 Å². The molecule has 3 N–H and O–H groups in total. The average Bonchev–Trinajstić information content (AvgIpc) is 1.84. The van der Waals surface area contributed by atoms with E-state index in [1.807, 2.05) is 0 Å². The highest BCUT2D eigenvalue weighted by Gasteiger charge is 2.23. The van der Waals surface area contributed by atoms with Gasteiger partial charge >= 0.3 is 7.82 Å². The van der Waals surface area contributed by atoms with E-state index in [-0.39, 0.29) is 6.73 Å². The van der Waals surface area contributed by atoms with Gasteiger partial charge in [0.05, 0.1) is 7.11 Å². The molecule has 8 heteroatoms. The Morgan fingerprint density at radius 1 is 1.60 bits per heavy atom. The molecule has 0 aliphatic heterocycles. The quantitative estimate of drug-likeness (QED) is 0.251. The van der Waals surface area contributed by atoms with Crippen LogP contribution in [0.25, 0.3) is 0 Å². The van der Waals surface area contributed by atoms with Gasteiger partial charge in [-0.1, -0.05) is 0 Å². The summed E-state index contributed by atoms with van der Waals surface area (Å²) in [5, 5.41) is 0.